The number of hydrogen-bond donors (Lipinski definition) is 0. The lowest BCUT2D eigenvalue weighted by Crippen LogP contribution is -2.11. The summed E-state index contributed by atoms with van der Waals surface area (Å²) in [7, 11) is 1.91. The lowest BCUT2D eigenvalue weighted by Gasteiger charge is -2.20. The Kier molecular flexibility index (Phi) is 4.17. The number of benzene rings is 2. The fourth-order valence-electron chi connectivity index (χ4n) is 2.07. The Bertz CT molecular complexity index is 653. The highest BCUT2D eigenvalue weighted by Crippen LogP contribution is 2.26. The standard InChI is InChI=1S/C17H16N2O/c1-3-17(20)13-8-10-15(11-9-13)19(2)16-7-5-4-6-14(16)12-18/h4-11H,3H2,1-2H3. The Labute approximate surface area is 119 Å². The Morgan fingerprint density at radius 3 is 2.40 bits per heavy atom. The molecule has 0 N–H and O–H groups in total. The van der Waals surface area contributed by atoms with E-state index in [0.29, 0.717) is 12.0 Å². The molecule has 3 nitrogen and oxygen atoms in total. The number of anilines is 2. The Balaban J connectivity index is 2.32. The predicted molar refractivity (Wildman–Crippen MR) is 80.3 cm³/mol. The normalized spacial score (nSPS) is 9.85. The van der Waals surface area contributed by atoms with Crippen molar-refractivity contribution in [1.29, 1.82) is 5.26 Å². The van der Waals surface area contributed by atoms with E-state index in [1.54, 1.807) is 6.07 Å². The van der Waals surface area contributed by atoms with Crippen molar-refractivity contribution in [2.24, 2.45) is 0 Å². The lowest BCUT2D eigenvalue weighted by molar-refractivity contribution is 0.0988. The Morgan fingerprint density at radius 1 is 1.15 bits per heavy atom. The molecule has 0 saturated carbocycles. The predicted octanol–water partition coefficient (Wildman–Crippen LogP) is 3.92. The maximum atomic E-state index is 11.6. The van der Waals surface area contributed by atoms with Crippen molar-refractivity contribution in [2.45, 2.75) is 13.3 Å². The molecule has 0 fully saturated rings. The minimum atomic E-state index is 0.136. The van der Waals surface area contributed by atoms with E-state index in [4.69, 9.17) is 5.26 Å². The topological polar surface area (TPSA) is 44.1 Å². The minimum Gasteiger partial charge on any atom is -0.344 e. The number of carbonyl (C=O) groups is 1. The molecular formula is C17H16N2O. The molecule has 20 heavy (non-hydrogen) atoms. The fraction of sp³-hybridized carbons (Fsp3) is 0.176. The molecule has 2 rings (SSSR count). The van der Waals surface area contributed by atoms with Gasteiger partial charge in [-0.3, -0.25) is 4.79 Å². The van der Waals surface area contributed by atoms with Gasteiger partial charge in [0.1, 0.15) is 6.07 Å². The van der Waals surface area contributed by atoms with Crippen molar-refractivity contribution in [3.05, 3.63) is 59.7 Å². The van der Waals surface area contributed by atoms with Crippen LogP contribution >= 0.6 is 0 Å². The van der Waals surface area contributed by atoms with Gasteiger partial charge in [-0.2, -0.15) is 5.26 Å². The van der Waals surface area contributed by atoms with Crippen LogP contribution in [0.4, 0.5) is 11.4 Å². The van der Waals surface area contributed by atoms with Crippen LogP contribution in [0.3, 0.4) is 0 Å². The van der Waals surface area contributed by atoms with E-state index in [2.05, 4.69) is 6.07 Å². The third-order valence-corrected chi connectivity index (χ3v) is 3.28. The van der Waals surface area contributed by atoms with E-state index in [1.807, 2.05) is 61.3 Å². The van der Waals surface area contributed by atoms with Crippen LogP contribution in [0.1, 0.15) is 29.3 Å². The van der Waals surface area contributed by atoms with Crippen molar-refractivity contribution in [3.63, 3.8) is 0 Å². The van der Waals surface area contributed by atoms with Gasteiger partial charge in [-0.1, -0.05) is 19.1 Å². The number of nitriles is 1. The molecule has 0 aliphatic carbocycles. The molecule has 0 atom stereocenters. The highest BCUT2D eigenvalue weighted by atomic mass is 16.1. The molecule has 0 aliphatic heterocycles. The first-order valence-electron chi connectivity index (χ1n) is 6.53. The van der Waals surface area contributed by atoms with Gasteiger partial charge < -0.3 is 4.90 Å². The maximum Gasteiger partial charge on any atom is 0.162 e. The van der Waals surface area contributed by atoms with E-state index < -0.39 is 0 Å². The van der Waals surface area contributed by atoms with Crippen LogP contribution in [-0.2, 0) is 0 Å². The van der Waals surface area contributed by atoms with Gasteiger partial charge in [0.2, 0.25) is 0 Å². The molecule has 0 heterocycles. The smallest absolute Gasteiger partial charge is 0.162 e. The van der Waals surface area contributed by atoms with Gasteiger partial charge in [-0.25, -0.2) is 0 Å². The highest BCUT2D eigenvalue weighted by molar-refractivity contribution is 5.96. The van der Waals surface area contributed by atoms with Crippen molar-refractivity contribution in [1.82, 2.24) is 0 Å². The van der Waals surface area contributed by atoms with Crippen LogP contribution < -0.4 is 4.90 Å². The summed E-state index contributed by atoms with van der Waals surface area (Å²) in [4.78, 5) is 13.6. The van der Waals surface area contributed by atoms with Crippen molar-refractivity contribution >= 4 is 17.2 Å². The van der Waals surface area contributed by atoms with Crippen molar-refractivity contribution in [2.75, 3.05) is 11.9 Å². The van der Waals surface area contributed by atoms with Crippen LogP contribution in [0.2, 0.25) is 0 Å². The Hall–Kier alpha value is -2.60. The van der Waals surface area contributed by atoms with Gasteiger partial charge in [0.25, 0.3) is 0 Å². The van der Waals surface area contributed by atoms with Gasteiger partial charge in [0, 0.05) is 24.7 Å². The average Bonchev–Trinajstić information content (AvgIpc) is 2.53. The summed E-state index contributed by atoms with van der Waals surface area (Å²) in [5.41, 5.74) is 3.15. The van der Waals surface area contributed by atoms with Gasteiger partial charge in [0.15, 0.2) is 5.78 Å². The van der Waals surface area contributed by atoms with E-state index in [9.17, 15) is 4.79 Å². The van der Waals surface area contributed by atoms with E-state index in [-0.39, 0.29) is 5.78 Å². The summed E-state index contributed by atoms with van der Waals surface area (Å²) in [6, 6.07) is 17.1. The summed E-state index contributed by atoms with van der Waals surface area (Å²) in [6.45, 7) is 1.85. The summed E-state index contributed by atoms with van der Waals surface area (Å²) >= 11 is 0. The zero-order chi connectivity index (χ0) is 14.5. The van der Waals surface area contributed by atoms with Gasteiger partial charge in [-0.15, -0.1) is 0 Å². The van der Waals surface area contributed by atoms with Gasteiger partial charge >= 0.3 is 0 Å². The maximum absolute atomic E-state index is 11.6. The number of rotatable bonds is 4. The van der Waals surface area contributed by atoms with Gasteiger partial charge in [-0.05, 0) is 36.4 Å². The molecule has 2 aromatic rings. The molecule has 0 saturated heterocycles. The zero-order valence-corrected chi connectivity index (χ0v) is 11.6. The minimum absolute atomic E-state index is 0.136. The number of hydrogen-bond acceptors (Lipinski definition) is 3. The monoisotopic (exact) mass is 264 g/mol. The fourth-order valence-corrected chi connectivity index (χ4v) is 2.07. The number of nitrogens with zero attached hydrogens (tertiary/aromatic N) is 2. The molecule has 100 valence electrons. The molecule has 0 aromatic heterocycles. The molecule has 0 unspecified atom stereocenters. The second kappa shape index (κ2) is 6.03. The van der Waals surface area contributed by atoms with Crippen LogP contribution in [0.15, 0.2) is 48.5 Å². The van der Waals surface area contributed by atoms with Crippen molar-refractivity contribution < 1.29 is 4.79 Å². The zero-order valence-electron chi connectivity index (χ0n) is 11.6. The third-order valence-electron chi connectivity index (χ3n) is 3.28. The molecule has 3 heteroatoms. The first-order valence-corrected chi connectivity index (χ1v) is 6.53. The molecule has 2 aromatic carbocycles. The largest absolute Gasteiger partial charge is 0.344 e. The third kappa shape index (κ3) is 2.70. The molecule has 0 amide bonds. The second-order valence-electron chi connectivity index (χ2n) is 4.51. The number of para-hydroxylation sites is 1. The first kappa shape index (κ1) is 13.8. The first-order chi connectivity index (χ1) is 9.67. The molecule has 0 radical (unpaired) electrons. The summed E-state index contributed by atoms with van der Waals surface area (Å²) in [5.74, 6) is 0.136. The number of Topliss-reactive ketones (excluding diaryl/α,β-unsaturated/α-hetero) is 1. The molecular weight excluding hydrogens is 248 g/mol. The van der Waals surface area contributed by atoms with E-state index in [1.165, 1.54) is 0 Å². The van der Waals surface area contributed by atoms with Crippen LogP contribution in [-0.4, -0.2) is 12.8 Å². The average molecular weight is 264 g/mol. The van der Waals surface area contributed by atoms with E-state index in [0.717, 1.165) is 16.9 Å². The number of carbonyl (C=O) groups excluding carboxylic acids is 1. The van der Waals surface area contributed by atoms with Crippen LogP contribution in [0.5, 0.6) is 0 Å². The molecule has 0 spiro atoms. The Morgan fingerprint density at radius 2 is 1.80 bits per heavy atom. The van der Waals surface area contributed by atoms with Crippen LogP contribution in [0, 0.1) is 11.3 Å². The van der Waals surface area contributed by atoms with Crippen molar-refractivity contribution in [3.8, 4) is 6.07 Å². The van der Waals surface area contributed by atoms with Crippen LogP contribution in [0.25, 0.3) is 0 Å². The lowest BCUT2D eigenvalue weighted by atomic mass is 10.1. The van der Waals surface area contributed by atoms with E-state index >= 15 is 0 Å². The summed E-state index contributed by atoms with van der Waals surface area (Å²) < 4.78 is 0. The highest BCUT2D eigenvalue weighted by Gasteiger charge is 2.09. The quantitative estimate of drug-likeness (QED) is 0.786. The number of ketones is 1. The molecule has 0 aliphatic rings. The SMILES string of the molecule is CCC(=O)c1ccc(N(C)c2ccccc2C#N)cc1. The molecule has 0 bridgehead atoms. The van der Waals surface area contributed by atoms with Gasteiger partial charge in [0.05, 0.1) is 11.3 Å². The summed E-state index contributed by atoms with van der Waals surface area (Å²) in [5, 5.41) is 9.14. The summed E-state index contributed by atoms with van der Waals surface area (Å²) in [6.07, 6.45) is 0.506. The second-order valence-corrected chi connectivity index (χ2v) is 4.51.